The molecule has 0 aromatic heterocycles. The molecule has 5 nitrogen and oxygen atoms in total. The molecule has 1 N–H and O–H groups in total. The zero-order valence-electron chi connectivity index (χ0n) is 17.3. The third-order valence-corrected chi connectivity index (χ3v) is 6.31. The molecule has 3 heterocycles. The molecule has 1 aromatic carbocycles. The molecule has 3 aliphatic rings. The van der Waals surface area contributed by atoms with Crippen molar-refractivity contribution in [2.24, 2.45) is 10.9 Å². The van der Waals surface area contributed by atoms with Crippen molar-refractivity contribution in [1.82, 2.24) is 15.1 Å². The maximum Gasteiger partial charge on any atom is 0.193 e. The highest BCUT2D eigenvalue weighted by Gasteiger charge is 2.26. The summed E-state index contributed by atoms with van der Waals surface area (Å²) >= 11 is 0. The largest absolute Gasteiger partial charge is 0.364 e. The highest BCUT2D eigenvalue weighted by atomic mass is 15.3. The van der Waals surface area contributed by atoms with Crippen molar-refractivity contribution in [3.8, 4) is 0 Å². The Bertz CT molecular complexity index is 684. The van der Waals surface area contributed by atoms with Crippen LogP contribution in [0.15, 0.2) is 41.4 Å². The number of nitrogens with zero attached hydrogens (tertiary/aromatic N) is 4. The molecule has 2 fully saturated rings. The normalized spacial score (nSPS) is 23.6. The van der Waals surface area contributed by atoms with Gasteiger partial charge in [0.15, 0.2) is 5.96 Å². The average Bonchev–Trinajstić information content (AvgIpc) is 3.42. The summed E-state index contributed by atoms with van der Waals surface area (Å²) in [6.07, 6.45) is 9.94. The van der Waals surface area contributed by atoms with Gasteiger partial charge in [0.1, 0.15) is 0 Å². The first-order chi connectivity index (χ1) is 13.8. The van der Waals surface area contributed by atoms with Gasteiger partial charge in [0.05, 0.1) is 0 Å². The Labute approximate surface area is 170 Å². The minimum atomic E-state index is 0.780. The van der Waals surface area contributed by atoms with Gasteiger partial charge in [-0.3, -0.25) is 4.99 Å². The van der Waals surface area contributed by atoms with Crippen LogP contribution in [0, 0.1) is 5.92 Å². The van der Waals surface area contributed by atoms with E-state index in [4.69, 9.17) is 0 Å². The van der Waals surface area contributed by atoms with E-state index >= 15 is 0 Å². The molecular formula is C23H35N5. The van der Waals surface area contributed by atoms with Crippen LogP contribution in [0.2, 0.25) is 0 Å². The molecule has 28 heavy (non-hydrogen) atoms. The predicted molar refractivity (Wildman–Crippen MR) is 118 cm³/mol. The number of aliphatic imine (C=N–C) groups is 1. The second kappa shape index (κ2) is 9.46. The van der Waals surface area contributed by atoms with Crippen molar-refractivity contribution in [3.05, 3.63) is 42.0 Å². The predicted octanol–water partition coefficient (Wildman–Crippen LogP) is 2.95. The first-order valence-electron chi connectivity index (χ1n) is 11.0. The maximum absolute atomic E-state index is 4.56. The minimum Gasteiger partial charge on any atom is -0.364 e. The number of hydrogen-bond donors (Lipinski definition) is 1. The number of benzene rings is 1. The lowest BCUT2D eigenvalue weighted by Crippen LogP contribution is -2.41. The fraction of sp³-hybridized carbons (Fsp3) is 0.609. The van der Waals surface area contributed by atoms with Crippen LogP contribution in [-0.2, 0) is 6.54 Å². The molecule has 1 aromatic rings. The second-order valence-corrected chi connectivity index (χ2v) is 8.41. The Morgan fingerprint density at radius 3 is 2.71 bits per heavy atom. The van der Waals surface area contributed by atoms with E-state index in [1.807, 2.05) is 7.05 Å². The van der Waals surface area contributed by atoms with Crippen LogP contribution in [0.3, 0.4) is 0 Å². The van der Waals surface area contributed by atoms with E-state index in [-0.39, 0.29) is 0 Å². The Morgan fingerprint density at radius 1 is 1.11 bits per heavy atom. The number of hydrogen-bond acceptors (Lipinski definition) is 3. The molecular weight excluding hydrogens is 346 g/mol. The molecule has 0 radical (unpaired) electrons. The second-order valence-electron chi connectivity index (χ2n) is 8.41. The first kappa shape index (κ1) is 19.3. The molecule has 152 valence electrons. The Balaban J connectivity index is 1.27. The maximum atomic E-state index is 4.56. The standard InChI is InChI=1S/C23H35N5/c1-24-23(28-15-10-21(19-28)18-26-11-3-2-4-12-26)25-17-20-8-7-9-22(16-20)27-13-5-6-14-27/h5-9,16,21H,2-4,10-15,17-19H2,1H3,(H,24,25). The van der Waals surface area contributed by atoms with Gasteiger partial charge in [-0.25, -0.2) is 0 Å². The lowest BCUT2D eigenvalue weighted by Gasteiger charge is -2.29. The van der Waals surface area contributed by atoms with E-state index in [2.05, 4.69) is 61.4 Å². The van der Waals surface area contributed by atoms with Crippen molar-refractivity contribution in [3.63, 3.8) is 0 Å². The zero-order chi connectivity index (χ0) is 19.2. The molecule has 0 amide bonds. The monoisotopic (exact) mass is 381 g/mol. The summed E-state index contributed by atoms with van der Waals surface area (Å²) in [6, 6.07) is 8.88. The van der Waals surface area contributed by atoms with Crippen LogP contribution in [0.25, 0.3) is 0 Å². The van der Waals surface area contributed by atoms with Crippen molar-refractivity contribution in [2.75, 3.05) is 57.8 Å². The van der Waals surface area contributed by atoms with E-state index in [1.165, 1.54) is 56.6 Å². The minimum absolute atomic E-state index is 0.780. The van der Waals surface area contributed by atoms with Crippen molar-refractivity contribution in [1.29, 1.82) is 0 Å². The van der Waals surface area contributed by atoms with Crippen LogP contribution < -0.4 is 10.2 Å². The van der Waals surface area contributed by atoms with Gasteiger partial charge in [0.25, 0.3) is 0 Å². The van der Waals surface area contributed by atoms with Crippen LogP contribution >= 0.6 is 0 Å². The van der Waals surface area contributed by atoms with E-state index < -0.39 is 0 Å². The molecule has 1 atom stereocenters. The quantitative estimate of drug-likeness (QED) is 0.483. The highest BCUT2D eigenvalue weighted by molar-refractivity contribution is 5.80. The van der Waals surface area contributed by atoms with Gasteiger partial charge < -0.3 is 20.0 Å². The SMILES string of the molecule is CN=C(NCc1cccc(N2CC=CC2)c1)N1CCC(CN2CCCCC2)C1. The van der Waals surface area contributed by atoms with Gasteiger partial charge in [-0.2, -0.15) is 0 Å². The fourth-order valence-electron chi connectivity index (χ4n) is 4.75. The lowest BCUT2D eigenvalue weighted by atomic mass is 10.1. The van der Waals surface area contributed by atoms with Crippen molar-refractivity contribution >= 4 is 11.6 Å². The summed E-state index contributed by atoms with van der Waals surface area (Å²) in [6.45, 7) is 8.98. The van der Waals surface area contributed by atoms with Crippen molar-refractivity contribution in [2.45, 2.75) is 32.2 Å². The molecule has 0 spiro atoms. The summed E-state index contributed by atoms with van der Waals surface area (Å²) < 4.78 is 0. The van der Waals surface area contributed by atoms with E-state index in [9.17, 15) is 0 Å². The van der Waals surface area contributed by atoms with Gasteiger partial charge in [0.2, 0.25) is 0 Å². The van der Waals surface area contributed by atoms with Gasteiger partial charge in [0, 0.05) is 52.0 Å². The number of piperidine rings is 1. The van der Waals surface area contributed by atoms with Crippen LogP contribution in [0.1, 0.15) is 31.2 Å². The third kappa shape index (κ3) is 4.88. The van der Waals surface area contributed by atoms with Crippen molar-refractivity contribution < 1.29 is 0 Å². The molecule has 5 heteroatoms. The number of nitrogens with one attached hydrogen (secondary N) is 1. The van der Waals surface area contributed by atoms with E-state index in [0.29, 0.717) is 0 Å². The summed E-state index contributed by atoms with van der Waals surface area (Å²) in [4.78, 5) is 12.1. The zero-order valence-corrected chi connectivity index (χ0v) is 17.3. The number of likely N-dealkylation sites (tertiary alicyclic amines) is 2. The molecule has 2 saturated heterocycles. The van der Waals surface area contributed by atoms with Gasteiger partial charge in [-0.05, 0) is 56.0 Å². The Hall–Kier alpha value is -2.01. The molecule has 0 aliphatic carbocycles. The lowest BCUT2D eigenvalue weighted by molar-refractivity contribution is 0.198. The molecule has 4 rings (SSSR count). The Morgan fingerprint density at radius 2 is 1.93 bits per heavy atom. The van der Waals surface area contributed by atoms with Crippen LogP contribution in [0.4, 0.5) is 5.69 Å². The van der Waals surface area contributed by atoms with E-state index in [1.54, 1.807) is 0 Å². The third-order valence-electron chi connectivity index (χ3n) is 6.31. The molecule has 1 unspecified atom stereocenters. The van der Waals surface area contributed by atoms with Gasteiger partial charge in [-0.1, -0.05) is 30.7 Å². The molecule has 3 aliphatic heterocycles. The summed E-state index contributed by atoms with van der Waals surface area (Å²) in [5.41, 5.74) is 2.62. The summed E-state index contributed by atoms with van der Waals surface area (Å²) in [5, 5.41) is 3.60. The van der Waals surface area contributed by atoms with Gasteiger partial charge >= 0.3 is 0 Å². The number of anilines is 1. The van der Waals surface area contributed by atoms with Crippen LogP contribution in [-0.4, -0.2) is 68.6 Å². The number of guanidine groups is 1. The van der Waals surface area contributed by atoms with Gasteiger partial charge in [-0.15, -0.1) is 0 Å². The number of rotatable bonds is 5. The summed E-state index contributed by atoms with van der Waals surface area (Å²) in [5.74, 6) is 1.83. The fourth-order valence-corrected chi connectivity index (χ4v) is 4.75. The molecule has 0 bridgehead atoms. The Kier molecular flexibility index (Phi) is 6.53. The smallest absolute Gasteiger partial charge is 0.193 e. The van der Waals surface area contributed by atoms with E-state index in [0.717, 1.165) is 44.6 Å². The topological polar surface area (TPSA) is 34.1 Å². The molecule has 0 saturated carbocycles. The van der Waals surface area contributed by atoms with Crippen LogP contribution in [0.5, 0.6) is 0 Å². The average molecular weight is 382 g/mol. The highest BCUT2D eigenvalue weighted by Crippen LogP contribution is 2.21. The first-order valence-corrected chi connectivity index (χ1v) is 11.0. The summed E-state index contributed by atoms with van der Waals surface area (Å²) in [7, 11) is 1.91.